The summed E-state index contributed by atoms with van der Waals surface area (Å²) in [6, 6.07) is 8.83. The van der Waals surface area contributed by atoms with E-state index in [1.165, 1.54) is 10.4 Å². The first-order valence-corrected chi connectivity index (χ1v) is 10.8. The van der Waals surface area contributed by atoms with Gasteiger partial charge in [-0.1, -0.05) is 19.1 Å². The molecule has 2 aromatic rings. The van der Waals surface area contributed by atoms with Crippen molar-refractivity contribution in [1.82, 2.24) is 4.31 Å². The predicted octanol–water partition coefficient (Wildman–Crippen LogP) is 4.12. The summed E-state index contributed by atoms with van der Waals surface area (Å²) >= 11 is 0. The van der Waals surface area contributed by atoms with Crippen LogP contribution < -0.4 is 5.32 Å². The molecule has 28 heavy (non-hydrogen) atoms. The fourth-order valence-electron chi connectivity index (χ4n) is 3.29. The van der Waals surface area contributed by atoms with Crippen LogP contribution in [0.4, 0.5) is 10.1 Å². The third-order valence-corrected chi connectivity index (χ3v) is 7.31. The Morgan fingerprint density at radius 1 is 1.14 bits per heavy atom. The number of aryl methyl sites for hydroxylation is 1. The fraction of sp³-hybridized carbons (Fsp3) is 0.381. The highest BCUT2D eigenvalue weighted by Crippen LogP contribution is 2.25. The van der Waals surface area contributed by atoms with Crippen molar-refractivity contribution in [2.24, 2.45) is 5.92 Å². The van der Waals surface area contributed by atoms with E-state index in [1.54, 1.807) is 12.1 Å². The van der Waals surface area contributed by atoms with Gasteiger partial charge in [-0.25, -0.2) is 12.8 Å². The Morgan fingerprint density at radius 2 is 1.82 bits per heavy atom. The zero-order chi connectivity index (χ0) is 20.5. The Balaban J connectivity index is 1.89. The molecule has 5 nitrogen and oxygen atoms in total. The van der Waals surface area contributed by atoms with Crippen LogP contribution in [0.3, 0.4) is 0 Å². The molecule has 1 aliphatic rings. The lowest BCUT2D eigenvalue weighted by Gasteiger charge is -2.29. The van der Waals surface area contributed by atoms with Crippen LogP contribution in [0, 0.1) is 25.6 Å². The Morgan fingerprint density at radius 3 is 2.50 bits per heavy atom. The van der Waals surface area contributed by atoms with E-state index in [0.717, 1.165) is 36.1 Å². The standard InChI is InChI=1S/C21H25FN2O3S/c1-14-9-11-24(12-10-14)28(26,27)17-7-8-19(22)18(13-17)21(25)23-20-6-4-5-15(2)16(20)3/h4-8,13-14H,9-12H2,1-3H3,(H,23,25). The van der Waals surface area contributed by atoms with E-state index in [0.29, 0.717) is 24.7 Å². The van der Waals surface area contributed by atoms with Gasteiger partial charge in [0.05, 0.1) is 10.5 Å². The third kappa shape index (κ3) is 4.10. The number of nitrogens with zero attached hydrogens (tertiary/aromatic N) is 1. The SMILES string of the molecule is Cc1cccc(NC(=O)c2cc(S(=O)(=O)N3CCC(C)CC3)ccc2F)c1C. The summed E-state index contributed by atoms with van der Waals surface area (Å²) in [4.78, 5) is 12.6. The molecule has 3 rings (SSSR count). The number of rotatable bonds is 4. The summed E-state index contributed by atoms with van der Waals surface area (Å²) < 4.78 is 41.5. The molecule has 0 unspecified atom stereocenters. The maximum Gasteiger partial charge on any atom is 0.258 e. The van der Waals surface area contributed by atoms with Crippen molar-refractivity contribution in [2.75, 3.05) is 18.4 Å². The first-order chi connectivity index (χ1) is 13.2. The van der Waals surface area contributed by atoms with E-state index in [4.69, 9.17) is 0 Å². The van der Waals surface area contributed by atoms with Crippen LogP contribution in [0.15, 0.2) is 41.3 Å². The second kappa shape index (κ2) is 8.01. The molecule has 0 atom stereocenters. The molecule has 1 aliphatic heterocycles. The van der Waals surface area contributed by atoms with Gasteiger partial charge in [-0.3, -0.25) is 4.79 Å². The molecule has 0 aliphatic carbocycles. The zero-order valence-electron chi connectivity index (χ0n) is 16.3. The summed E-state index contributed by atoms with van der Waals surface area (Å²) in [7, 11) is -3.76. The molecule has 1 heterocycles. The van der Waals surface area contributed by atoms with E-state index in [2.05, 4.69) is 12.2 Å². The minimum Gasteiger partial charge on any atom is -0.322 e. The number of halogens is 1. The molecule has 0 spiro atoms. The van der Waals surface area contributed by atoms with E-state index in [-0.39, 0.29) is 10.5 Å². The van der Waals surface area contributed by atoms with Crippen LogP contribution in [0.2, 0.25) is 0 Å². The summed E-state index contributed by atoms with van der Waals surface area (Å²) in [5.41, 5.74) is 2.16. The highest BCUT2D eigenvalue weighted by Gasteiger charge is 2.29. The number of sulfonamides is 1. The predicted molar refractivity (Wildman–Crippen MR) is 107 cm³/mol. The van der Waals surface area contributed by atoms with E-state index < -0.39 is 21.7 Å². The number of carbonyl (C=O) groups is 1. The van der Waals surface area contributed by atoms with Crippen LogP contribution in [0.1, 0.15) is 41.3 Å². The maximum absolute atomic E-state index is 14.3. The second-order valence-electron chi connectivity index (χ2n) is 7.43. The smallest absolute Gasteiger partial charge is 0.258 e. The number of piperidine rings is 1. The third-order valence-electron chi connectivity index (χ3n) is 5.42. The second-order valence-corrected chi connectivity index (χ2v) is 9.37. The number of nitrogens with one attached hydrogen (secondary N) is 1. The van der Waals surface area contributed by atoms with Gasteiger partial charge in [0.25, 0.3) is 5.91 Å². The van der Waals surface area contributed by atoms with Crippen molar-refractivity contribution in [1.29, 1.82) is 0 Å². The van der Waals surface area contributed by atoms with Crippen molar-refractivity contribution < 1.29 is 17.6 Å². The minimum absolute atomic E-state index is 0.0606. The first kappa shape index (κ1) is 20.5. The number of benzene rings is 2. The minimum atomic E-state index is -3.76. The molecule has 0 radical (unpaired) electrons. The van der Waals surface area contributed by atoms with Gasteiger partial charge in [0.15, 0.2) is 0 Å². The normalized spacial score (nSPS) is 16.1. The molecule has 0 saturated carbocycles. The van der Waals surface area contributed by atoms with E-state index in [9.17, 15) is 17.6 Å². The molecular formula is C21H25FN2O3S. The fourth-order valence-corrected chi connectivity index (χ4v) is 4.79. The highest BCUT2D eigenvalue weighted by molar-refractivity contribution is 7.89. The summed E-state index contributed by atoms with van der Waals surface area (Å²) in [6.07, 6.45) is 1.58. The van der Waals surface area contributed by atoms with Crippen molar-refractivity contribution in [3.8, 4) is 0 Å². The molecule has 2 aromatic carbocycles. The summed E-state index contributed by atoms with van der Waals surface area (Å²) in [6.45, 7) is 6.74. The van der Waals surface area contributed by atoms with Crippen molar-refractivity contribution in [2.45, 2.75) is 38.5 Å². The van der Waals surface area contributed by atoms with Crippen molar-refractivity contribution in [3.05, 3.63) is 58.9 Å². The van der Waals surface area contributed by atoms with Gasteiger partial charge in [-0.15, -0.1) is 0 Å². The Bertz CT molecular complexity index is 997. The van der Waals surface area contributed by atoms with Crippen molar-refractivity contribution >= 4 is 21.6 Å². The molecule has 150 valence electrons. The lowest BCUT2D eigenvalue weighted by atomic mass is 10.0. The van der Waals surface area contributed by atoms with Gasteiger partial charge < -0.3 is 5.32 Å². The molecule has 0 bridgehead atoms. The van der Waals surface area contributed by atoms with Gasteiger partial charge in [0.2, 0.25) is 10.0 Å². The Labute approximate surface area is 165 Å². The zero-order valence-corrected chi connectivity index (χ0v) is 17.1. The molecule has 1 N–H and O–H groups in total. The monoisotopic (exact) mass is 404 g/mol. The van der Waals surface area contributed by atoms with Crippen LogP contribution >= 0.6 is 0 Å². The maximum atomic E-state index is 14.3. The van der Waals surface area contributed by atoms with Crippen LogP contribution in [0.25, 0.3) is 0 Å². The van der Waals surface area contributed by atoms with E-state index >= 15 is 0 Å². The summed E-state index contributed by atoms with van der Waals surface area (Å²) in [5, 5.41) is 2.68. The Kier molecular flexibility index (Phi) is 5.86. The van der Waals surface area contributed by atoms with Crippen LogP contribution in [0.5, 0.6) is 0 Å². The average molecular weight is 405 g/mol. The molecule has 1 amide bonds. The molecular weight excluding hydrogens is 379 g/mol. The lowest BCUT2D eigenvalue weighted by molar-refractivity contribution is 0.102. The highest BCUT2D eigenvalue weighted by atomic mass is 32.2. The number of hydrogen-bond acceptors (Lipinski definition) is 3. The molecule has 0 aromatic heterocycles. The molecule has 7 heteroatoms. The van der Waals surface area contributed by atoms with E-state index in [1.807, 2.05) is 19.9 Å². The topological polar surface area (TPSA) is 66.5 Å². The molecule has 1 saturated heterocycles. The lowest BCUT2D eigenvalue weighted by Crippen LogP contribution is -2.38. The van der Waals surface area contributed by atoms with Crippen LogP contribution in [-0.2, 0) is 10.0 Å². The first-order valence-electron chi connectivity index (χ1n) is 9.37. The van der Waals surface area contributed by atoms with Gasteiger partial charge in [-0.2, -0.15) is 4.31 Å². The average Bonchev–Trinajstić information content (AvgIpc) is 2.66. The number of carbonyl (C=O) groups excluding carboxylic acids is 1. The largest absolute Gasteiger partial charge is 0.322 e. The number of hydrogen-bond donors (Lipinski definition) is 1. The van der Waals surface area contributed by atoms with Gasteiger partial charge in [0.1, 0.15) is 5.82 Å². The van der Waals surface area contributed by atoms with Gasteiger partial charge >= 0.3 is 0 Å². The van der Waals surface area contributed by atoms with Crippen molar-refractivity contribution in [3.63, 3.8) is 0 Å². The van der Waals surface area contributed by atoms with Crippen LogP contribution in [-0.4, -0.2) is 31.7 Å². The molecule has 1 fully saturated rings. The number of anilines is 1. The number of amides is 1. The quantitative estimate of drug-likeness (QED) is 0.834. The van der Waals surface area contributed by atoms with Gasteiger partial charge in [-0.05, 0) is 68.0 Å². The van der Waals surface area contributed by atoms with Gasteiger partial charge in [0, 0.05) is 18.8 Å². The summed E-state index contributed by atoms with van der Waals surface area (Å²) in [5.74, 6) is -0.942. The Hall–Kier alpha value is -2.25.